The van der Waals surface area contributed by atoms with Gasteiger partial charge in [-0.15, -0.1) is 0 Å². The molecule has 2 heteroatoms. The molecule has 0 N–H and O–H groups in total. The van der Waals surface area contributed by atoms with Crippen LogP contribution in [-0.2, 0) is 6.42 Å². The molecule has 0 aliphatic carbocycles. The number of fused-ring (bicyclic) bond motifs is 1. The summed E-state index contributed by atoms with van der Waals surface area (Å²) in [6.07, 6.45) is 5.42. The lowest BCUT2D eigenvalue weighted by Crippen LogP contribution is -1.92. The van der Waals surface area contributed by atoms with Crippen molar-refractivity contribution in [1.29, 1.82) is 0 Å². The minimum atomic E-state index is 0.857. The lowest BCUT2D eigenvalue weighted by molar-refractivity contribution is 0.419. The van der Waals surface area contributed by atoms with Crippen molar-refractivity contribution in [3.05, 3.63) is 36.0 Å². The molecule has 2 rings (SSSR count). The Bertz CT molecular complexity index is 479. The number of unbranched alkanes of at least 4 members (excludes halogenated alkanes) is 1. The molecular formula is C14H17NO. The first-order valence-corrected chi connectivity index (χ1v) is 5.77. The summed E-state index contributed by atoms with van der Waals surface area (Å²) >= 11 is 0. The molecule has 0 bridgehead atoms. The number of aryl methyl sites for hydroxylation is 1. The maximum atomic E-state index is 5.32. The van der Waals surface area contributed by atoms with E-state index in [1.807, 2.05) is 18.3 Å². The maximum absolute atomic E-state index is 5.32. The van der Waals surface area contributed by atoms with E-state index in [9.17, 15) is 0 Å². The van der Waals surface area contributed by atoms with Gasteiger partial charge in [0.15, 0.2) is 0 Å². The fraction of sp³-hybridized carbons (Fsp3) is 0.357. The molecule has 0 fully saturated rings. The van der Waals surface area contributed by atoms with Crippen molar-refractivity contribution < 1.29 is 4.74 Å². The summed E-state index contributed by atoms with van der Waals surface area (Å²) in [6, 6.07) is 8.21. The van der Waals surface area contributed by atoms with Gasteiger partial charge in [0.1, 0.15) is 11.3 Å². The van der Waals surface area contributed by atoms with Gasteiger partial charge in [-0.05, 0) is 30.5 Å². The van der Waals surface area contributed by atoms with Gasteiger partial charge in [0.25, 0.3) is 0 Å². The Labute approximate surface area is 96.3 Å². The normalized spacial score (nSPS) is 10.6. The summed E-state index contributed by atoms with van der Waals surface area (Å²) in [5.74, 6) is 0.857. The zero-order valence-electron chi connectivity index (χ0n) is 9.86. The molecule has 1 aromatic carbocycles. The topological polar surface area (TPSA) is 22.1 Å². The standard InChI is InChI=1S/C14H17NO/c1-3-4-6-11-9-10-15-14-12(11)7-5-8-13(14)16-2/h5,7-10H,3-4,6H2,1-2H3. The van der Waals surface area contributed by atoms with Crippen molar-refractivity contribution in [2.75, 3.05) is 7.11 Å². The molecule has 0 unspecified atom stereocenters. The van der Waals surface area contributed by atoms with Gasteiger partial charge >= 0.3 is 0 Å². The molecule has 0 radical (unpaired) electrons. The van der Waals surface area contributed by atoms with Gasteiger partial charge in [-0.25, -0.2) is 0 Å². The monoisotopic (exact) mass is 215 g/mol. The third-order valence-corrected chi connectivity index (χ3v) is 2.84. The van der Waals surface area contributed by atoms with E-state index in [0.29, 0.717) is 0 Å². The third kappa shape index (κ3) is 2.01. The SMILES string of the molecule is CCCCc1ccnc2c(OC)cccc12. The first kappa shape index (κ1) is 10.9. The van der Waals surface area contributed by atoms with Crippen LogP contribution in [0.2, 0.25) is 0 Å². The number of ether oxygens (including phenoxy) is 1. The number of hydrogen-bond acceptors (Lipinski definition) is 2. The van der Waals surface area contributed by atoms with Crippen LogP contribution in [0.4, 0.5) is 0 Å². The van der Waals surface area contributed by atoms with E-state index in [1.165, 1.54) is 23.8 Å². The first-order chi connectivity index (χ1) is 7.86. The number of rotatable bonds is 4. The lowest BCUT2D eigenvalue weighted by atomic mass is 10.0. The number of methoxy groups -OCH3 is 1. The van der Waals surface area contributed by atoms with Crippen molar-refractivity contribution in [3.8, 4) is 5.75 Å². The molecule has 0 atom stereocenters. The third-order valence-electron chi connectivity index (χ3n) is 2.84. The lowest BCUT2D eigenvalue weighted by Gasteiger charge is -2.08. The molecule has 0 aliphatic heterocycles. The largest absolute Gasteiger partial charge is 0.494 e. The quantitative estimate of drug-likeness (QED) is 0.777. The number of benzene rings is 1. The van der Waals surface area contributed by atoms with Crippen molar-refractivity contribution in [3.63, 3.8) is 0 Å². The first-order valence-electron chi connectivity index (χ1n) is 5.77. The van der Waals surface area contributed by atoms with Gasteiger partial charge in [0, 0.05) is 11.6 Å². The van der Waals surface area contributed by atoms with Crippen LogP contribution in [0, 0.1) is 0 Å². The number of aromatic nitrogens is 1. The van der Waals surface area contributed by atoms with E-state index in [2.05, 4.69) is 24.0 Å². The minimum Gasteiger partial charge on any atom is -0.494 e. The average molecular weight is 215 g/mol. The highest BCUT2D eigenvalue weighted by molar-refractivity contribution is 5.87. The van der Waals surface area contributed by atoms with Gasteiger partial charge in [-0.1, -0.05) is 25.5 Å². The predicted molar refractivity (Wildman–Crippen MR) is 66.9 cm³/mol. The molecule has 2 aromatic rings. The Hall–Kier alpha value is -1.57. The summed E-state index contributed by atoms with van der Waals surface area (Å²) < 4.78 is 5.32. The van der Waals surface area contributed by atoms with E-state index >= 15 is 0 Å². The Morgan fingerprint density at radius 2 is 2.12 bits per heavy atom. The van der Waals surface area contributed by atoms with Gasteiger partial charge in [-0.3, -0.25) is 4.98 Å². The van der Waals surface area contributed by atoms with Gasteiger partial charge in [-0.2, -0.15) is 0 Å². The predicted octanol–water partition coefficient (Wildman–Crippen LogP) is 3.59. The van der Waals surface area contributed by atoms with Crippen LogP contribution < -0.4 is 4.74 Å². The number of pyridine rings is 1. The second-order valence-electron chi connectivity index (χ2n) is 3.93. The molecule has 1 aromatic heterocycles. The van der Waals surface area contributed by atoms with Gasteiger partial charge in [0.2, 0.25) is 0 Å². The van der Waals surface area contributed by atoms with Crippen LogP contribution in [0.15, 0.2) is 30.5 Å². The summed E-state index contributed by atoms with van der Waals surface area (Å²) in [6.45, 7) is 2.21. The van der Waals surface area contributed by atoms with E-state index in [0.717, 1.165) is 17.7 Å². The molecule has 0 saturated heterocycles. The van der Waals surface area contributed by atoms with Crippen LogP contribution in [0.3, 0.4) is 0 Å². The smallest absolute Gasteiger partial charge is 0.145 e. The number of para-hydroxylation sites is 1. The molecular weight excluding hydrogens is 198 g/mol. The Morgan fingerprint density at radius 1 is 1.25 bits per heavy atom. The highest BCUT2D eigenvalue weighted by Gasteiger charge is 2.05. The summed E-state index contributed by atoms with van der Waals surface area (Å²) in [7, 11) is 1.69. The molecule has 0 aliphatic rings. The molecule has 0 amide bonds. The Balaban J connectivity index is 2.51. The van der Waals surface area contributed by atoms with Crippen LogP contribution in [0.1, 0.15) is 25.3 Å². The van der Waals surface area contributed by atoms with Crippen LogP contribution >= 0.6 is 0 Å². The average Bonchev–Trinajstić information content (AvgIpc) is 2.35. The molecule has 84 valence electrons. The van der Waals surface area contributed by atoms with Crippen LogP contribution in [0.5, 0.6) is 5.75 Å². The summed E-state index contributed by atoms with van der Waals surface area (Å²) in [5, 5.41) is 1.22. The fourth-order valence-electron chi connectivity index (χ4n) is 1.96. The molecule has 1 heterocycles. The van der Waals surface area contributed by atoms with Crippen molar-refractivity contribution in [2.24, 2.45) is 0 Å². The zero-order chi connectivity index (χ0) is 11.4. The van der Waals surface area contributed by atoms with E-state index in [-0.39, 0.29) is 0 Å². The highest BCUT2D eigenvalue weighted by Crippen LogP contribution is 2.26. The van der Waals surface area contributed by atoms with Gasteiger partial charge in [0.05, 0.1) is 7.11 Å². The number of nitrogens with zero attached hydrogens (tertiary/aromatic N) is 1. The summed E-state index contributed by atoms with van der Waals surface area (Å²) in [4.78, 5) is 4.40. The molecule has 2 nitrogen and oxygen atoms in total. The van der Waals surface area contributed by atoms with Crippen LogP contribution in [0.25, 0.3) is 10.9 Å². The van der Waals surface area contributed by atoms with E-state index in [4.69, 9.17) is 4.74 Å². The minimum absolute atomic E-state index is 0.857. The van der Waals surface area contributed by atoms with Crippen LogP contribution in [-0.4, -0.2) is 12.1 Å². The maximum Gasteiger partial charge on any atom is 0.145 e. The zero-order valence-corrected chi connectivity index (χ0v) is 9.86. The van der Waals surface area contributed by atoms with Crippen molar-refractivity contribution in [1.82, 2.24) is 4.98 Å². The van der Waals surface area contributed by atoms with Gasteiger partial charge < -0.3 is 4.74 Å². The molecule has 0 spiro atoms. The summed E-state index contributed by atoms with van der Waals surface area (Å²) in [5.41, 5.74) is 2.34. The van der Waals surface area contributed by atoms with Crippen molar-refractivity contribution >= 4 is 10.9 Å². The second kappa shape index (κ2) is 4.97. The van der Waals surface area contributed by atoms with E-state index in [1.54, 1.807) is 7.11 Å². The number of hydrogen-bond donors (Lipinski definition) is 0. The highest BCUT2D eigenvalue weighted by atomic mass is 16.5. The second-order valence-corrected chi connectivity index (χ2v) is 3.93. The molecule has 16 heavy (non-hydrogen) atoms. The van der Waals surface area contributed by atoms with E-state index < -0.39 is 0 Å². The Morgan fingerprint density at radius 3 is 2.88 bits per heavy atom. The molecule has 0 saturated carbocycles. The fourth-order valence-corrected chi connectivity index (χ4v) is 1.96. The Kier molecular flexibility index (Phi) is 3.40. The van der Waals surface area contributed by atoms with Crippen molar-refractivity contribution in [2.45, 2.75) is 26.2 Å².